The molecule has 0 atom stereocenters. The first-order valence-corrected chi connectivity index (χ1v) is 5.99. The van der Waals surface area contributed by atoms with Gasteiger partial charge in [0.1, 0.15) is 5.65 Å². The molecule has 2 aromatic heterocycles. The maximum absolute atomic E-state index is 5.67. The number of imidazole rings is 1. The number of halogens is 2. The van der Waals surface area contributed by atoms with Gasteiger partial charge in [0.05, 0.1) is 11.9 Å². The molecule has 2 aromatic rings. The summed E-state index contributed by atoms with van der Waals surface area (Å²) in [6, 6.07) is 3.94. The van der Waals surface area contributed by atoms with Crippen molar-refractivity contribution in [2.45, 2.75) is 6.54 Å². The van der Waals surface area contributed by atoms with Crippen molar-refractivity contribution in [1.82, 2.24) is 14.7 Å². The largest absolute Gasteiger partial charge is 0.306 e. The Kier molecular flexibility index (Phi) is 3.63. The van der Waals surface area contributed by atoms with Crippen molar-refractivity contribution in [1.29, 1.82) is 0 Å². The monoisotopic (exact) mass is 299 g/mol. The van der Waals surface area contributed by atoms with E-state index < -0.39 is 0 Å². The zero-order valence-corrected chi connectivity index (χ0v) is 10.9. The topological polar surface area (TPSA) is 29.3 Å². The average Bonchev–Trinajstić information content (AvgIpc) is 2.60. The van der Waals surface area contributed by atoms with Crippen LogP contribution >= 0.6 is 27.5 Å². The summed E-state index contributed by atoms with van der Waals surface area (Å²) in [4.78, 5) is 4.30. The summed E-state index contributed by atoms with van der Waals surface area (Å²) in [5.41, 5.74) is 2.03. The van der Waals surface area contributed by atoms with E-state index in [1.54, 1.807) is 0 Å². The molecule has 0 saturated heterocycles. The quantitative estimate of drug-likeness (QED) is 0.941. The summed E-state index contributed by atoms with van der Waals surface area (Å²) >= 11 is 9.11. The van der Waals surface area contributed by atoms with Crippen LogP contribution in [0.25, 0.3) is 5.65 Å². The van der Waals surface area contributed by atoms with Crippen molar-refractivity contribution < 1.29 is 0 Å². The molecule has 0 aliphatic carbocycles. The molecule has 0 aliphatic rings. The minimum Gasteiger partial charge on any atom is -0.306 e. The molecule has 0 radical (unpaired) electrons. The zero-order chi connectivity index (χ0) is 11.5. The SMILES string of the molecule is C=C(Cl)CNCc1cnc2ccc(Br)cn12. The fraction of sp³-hybridized carbons (Fsp3) is 0.182. The van der Waals surface area contributed by atoms with E-state index in [1.165, 1.54) is 0 Å². The maximum Gasteiger partial charge on any atom is 0.136 e. The van der Waals surface area contributed by atoms with Crippen molar-refractivity contribution in [3.63, 3.8) is 0 Å². The van der Waals surface area contributed by atoms with Crippen LogP contribution in [0.5, 0.6) is 0 Å². The van der Waals surface area contributed by atoms with Crippen molar-refractivity contribution in [2.75, 3.05) is 6.54 Å². The molecule has 3 nitrogen and oxygen atoms in total. The lowest BCUT2D eigenvalue weighted by Crippen LogP contribution is -2.15. The first kappa shape index (κ1) is 11.6. The molecule has 2 rings (SSSR count). The predicted molar refractivity (Wildman–Crippen MR) is 69.6 cm³/mol. The third kappa shape index (κ3) is 2.64. The molecule has 0 aliphatic heterocycles. The third-order valence-corrected chi connectivity index (χ3v) is 2.77. The molecule has 0 amide bonds. The number of rotatable bonds is 4. The maximum atomic E-state index is 5.67. The fourth-order valence-corrected chi connectivity index (χ4v) is 1.89. The van der Waals surface area contributed by atoms with Crippen molar-refractivity contribution in [3.8, 4) is 0 Å². The van der Waals surface area contributed by atoms with Crippen LogP contribution in [0.3, 0.4) is 0 Å². The van der Waals surface area contributed by atoms with E-state index in [9.17, 15) is 0 Å². The second kappa shape index (κ2) is 4.99. The van der Waals surface area contributed by atoms with Crippen LogP contribution < -0.4 is 5.32 Å². The van der Waals surface area contributed by atoms with Gasteiger partial charge in [-0.1, -0.05) is 18.2 Å². The number of hydrogen-bond donors (Lipinski definition) is 1. The summed E-state index contributed by atoms with van der Waals surface area (Å²) < 4.78 is 3.06. The highest BCUT2D eigenvalue weighted by Crippen LogP contribution is 2.13. The van der Waals surface area contributed by atoms with Gasteiger partial charge in [-0.05, 0) is 28.1 Å². The van der Waals surface area contributed by atoms with Crippen molar-refractivity contribution >= 4 is 33.2 Å². The Bertz CT molecular complexity index is 521. The van der Waals surface area contributed by atoms with E-state index in [4.69, 9.17) is 11.6 Å². The molecule has 5 heteroatoms. The highest BCUT2D eigenvalue weighted by Gasteiger charge is 2.02. The van der Waals surface area contributed by atoms with Gasteiger partial charge in [0.25, 0.3) is 0 Å². The number of fused-ring (bicyclic) bond motifs is 1. The predicted octanol–water partition coefficient (Wildman–Crippen LogP) is 2.94. The molecule has 1 N–H and O–H groups in total. The number of nitrogens with zero attached hydrogens (tertiary/aromatic N) is 2. The lowest BCUT2D eigenvalue weighted by atomic mass is 10.4. The second-order valence-corrected chi connectivity index (χ2v) is 4.90. The van der Waals surface area contributed by atoms with Crippen LogP contribution in [0.2, 0.25) is 0 Å². The minimum atomic E-state index is 0.600. The van der Waals surface area contributed by atoms with Gasteiger partial charge in [-0.25, -0.2) is 4.98 Å². The molecule has 0 spiro atoms. The van der Waals surface area contributed by atoms with Gasteiger partial charge < -0.3 is 9.72 Å². The molecular formula is C11H11BrClN3. The van der Waals surface area contributed by atoms with Crippen LogP contribution in [0.1, 0.15) is 5.69 Å². The Morgan fingerprint density at radius 3 is 3.12 bits per heavy atom. The van der Waals surface area contributed by atoms with Crippen LogP contribution in [-0.2, 0) is 6.54 Å². The molecule has 0 bridgehead atoms. The lowest BCUT2D eigenvalue weighted by molar-refractivity contribution is 0.729. The molecule has 0 saturated carbocycles. The van der Waals surface area contributed by atoms with Gasteiger partial charge in [-0.15, -0.1) is 0 Å². The van der Waals surface area contributed by atoms with E-state index in [1.807, 2.05) is 28.9 Å². The van der Waals surface area contributed by atoms with Crippen LogP contribution in [0, 0.1) is 0 Å². The molecule has 2 heterocycles. The van der Waals surface area contributed by atoms with Gasteiger partial charge >= 0.3 is 0 Å². The zero-order valence-electron chi connectivity index (χ0n) is 8.58. The molecule has 0 unspecified atom stereocenters. The van der Waals surface area contributed by atoms with Gasteiger partial charge in [0, 0.05) is 28.8 Å². The Hall–Kier alpha value is -0.840. The summed E-state index contributed by atoms with van der Waals surface area (Å²) in [6.07, 6.45) is 3.85. The van der Waals surface area contributed by atoms with Gasteiger partial charge in [-0.3, -0.25) is 0 Å². The molecular weight excluding hydrogens is 289 g/mol. The summed E-state index contributed by atoms with van der Waals surface area (Å²) in [6.45, 7) is 4.94. The third-order valence-electron chi connectivity index (χ3n) is 2.17. The summed E-state index contributed by atoms with van der Waals surface area (Å²) in [7, 11) is 0. The second-order valence-electron chi connectivity index (χ2n) is 3.45. The van der Waals surface area contributed by atoms with Gasteiger partial charge in [-0.2, -0.15) is 0 Å². The van der Waals surface area contributed by atoms with Crippen LogP contribution in [0.15, 0.2) is 40.6 Å². The Labute approximate surface area is 107 Å². The highest BCUT2D eigenvalue weighted by molar-refractivity contribution is 9.10. The molecule has 84 valence electrons. The molecule has 0 aromatic carbocycles. The first-order valence-electron chi connectivity index (χ1n) is 4.82. The number of pyridine rings is 1. The summed E-state index contributed by atoms with van der Waals surface area (Å²) in [5, 5.41) is 3.80. The first-order chi connectivity index (χ1) is 7.66. The highest BCUT2D eigenvalue weighted by atomic mass is 79.9. The van der Waals surface area contributed by atoms with E-state index in [0.29, 0.717) is 18.1 Å². The van der Waals surface area contributed by atoms with Gasteiger partial charge in [0.15, 0.2) is 0 Å². The van der Waals surface area contributed by atoms with E-state index in [-0.39, 0.29) is 0 Å². The average molecular weight is 301 g/mol. The Balaban J connectivity index is 2.17. The fourth-order valence-electron chi connectivity index (χ4n) is 1.46. The van der Waals surface area contributed by atoms with E-state index >= 15 is 0 Å². The number of aromatic nitrogens is 2. The Morgan fingerprint density at radius 2 is 2.38 bits per heavy atom. The normalized spacial score (nSPS) is 10.9. The molecule has 0 fully saturated rings. The lowest BCUT2D eigenvalue weighted by Gasteiger charge is -2.03. The van der Waals surface area contributed by atoms with E-state index in [0.717, 1.165) is 15.8 Å². The minimum absolute atomic E-state index is 0.600. The van der Waals surface area contributed by atoms with Crippen LogP contribution in [0.4, 0.5) is 0 Å². The molecule has 16 heavy (non-hydrogen) atoms. The standard InChI is InChI=1S/C11H11BrClN3/c1-8(13)4-14-5-10-6-15-11-3-2-9(12)7-16(10)11/h2-3,6-7,14H,1,4-5H2. The smallest absolute Gasteiger partial charge is 0.136 e. The van der Waals surface area contributed by atoms with Crippen molar-refractivity contribution in [3.05, 3.63) is 46.3 Å². The Morgan fingerprint density at radius 1 is 1.56 bits per heavy atom. The summed E-state index contributed by atoms with van der Waals surface area (Å²) in [5.74, 6) is 0. The number of nitrogens with one attached hydrogen (secondary N) is 1. The van der Waals surface area contributed by atoms with E-state index in [2.05, 4.69) is 32.8 Å². The van der Waals surface area contributed by atoms with Crippen molar-refractivity contribution in [2.24, 2.45) is 0 Å². The number of hydrogen-bond acceptors (Lipinski definition) is 2. The van der Waals surface area contributed by atoms with Crippen LogP contribution in [-0.4, -0.2) is 15.9 Å². The van der Waals surface area contributed by atoms with Gasteiger partial charge in [0.2, 0.25) is 0 Å².